The Labute approximate surface area is 547 Å². The summed E-state index contributed by atoms with van der Waals surface area (Å²) in [5.74, 6) is 1.08. The molecule has 4 aliphatic rings. The maximum atomic E-state index is 13.3. The molecule has 4 aromatic rings. The number of ether oxygens (including phenoxy) is 8. The van der Waals surface area contributed by atoms with Crippen molar-refractivity contribution in [3.05, 3.63) is 103 Å². The minimum atomic E-state index is -3.98. The number of likely N-dealkylation sites (tertiary alicyclic amines) is 2. The smallest absolute Gasteiger partial charge is 0.314 e. The van der Waals surface area contributed by atoms with Gasteiger partial charge in [0.1, 0.15) is 45.0 Å². The number of piperidine rings is 2. The van der Waals surface area contributed by atoms with Gasteiger partial charge in [-0.05, 0) is 124 Å². The zero-order valence-electron chi connectivity index (χ0n) is 50.7. The number of nitrogens with one attached hydrogen (secondary N) is 6. The first-order chi connectivity index (χ1) is 43.3. The summed E-state index contributed by atoms with van der Waals surface area (Å²) in [7, 11) is -5.18. The Balaban J connectivity index is 0.602. The lowest BCUT2D eigenvalue weighted by Gasteiger charge is -2.38. The van der Waals surface area contributed by atoms with Crippen LogP contribution >= 0.6 is 46.4 Å². The van der Waals surface area contributed by atoms with E-state index in [2.05, 4.69) is 40.5 Å². The summed E-state index contributed by atoms with van der Waals surface area (Å²) in [4.78, 5) is 29.0. The normalized spacial score (nSPS) is 20.3. The van der Waals surface area contributed by atoms with Crippen LogP contribution < -0.4 is 61.1 Å². The molecule has 10 N–H and O–H groups in total. The van der Waals surface area contributed by atoms with Gasteiger partial charge in [0.15, 0.2) is 0 Å². The first-order valence-corrected chi connectivity index (χ1v) is 34.8. The Morgan fingerprint density at radius 2 is 0.900 bits per heavy atom. The van der Waals surface area contributed by atoms with Crippen LogP contribution in [0.1, 0.15) is 73.0 Å². The fourth-order valence-corrected chi connectivity index (χ4v) is 15.1. The van der Waals surface area contributed by atoms with E-state index in [1.165, 1.54) is 26.4 Å². The Bertz CT molecular complexity index is 3050. The second-order valence-corrected chi connectivity index (χ2v) is 27.4. The summed E-state index contributed by atoms with van der Waals surface area (Å²) in [5, 5.41) is 13.1. The topological polar surface area (TPSA) is 307 Å². The molecular formula is C60H84Cl4N10O14S2. The van der Waals surface area contributed by atoms with Gasteiger partial charge >= 0.3 is 12.1 Å². The maximum absolute atomic E-state index is 13.3. The number of nitrogens with zero attached hydrogens (tertiary/aromatic N) is 2. The van der Waals surface area contributed by atoms with E-state index in [1.807, 2.05) is 12.1 Å². The summed E-state index contributed by atoms with van der Waals surface area (Å²) in [6, 6.07) is 15.8. The van der Waals surface area contributed by atoms with Crippen molar-refractivity contribution in [2.75, 3.05) is 133 Å². The number of fused-ring (bicyclic) bond motifs is 2. The first kappa shape index (κ1) is 71.1. The zero-order valence-corrected chi connectivity index (χ0v) is 55.4. The highest BCUT2D eigenvalue weighted by Crippen LogP contribution is 2.46. The van der Waals surface area contributed by atoms with Crippen molar-refractivity contribution in [3.8, 4) is 23.0 Å². The minimum absolute atomic E-state index is 0.00171. The van der Waals surface area contributed by atoms with Gasteiger partial charge in [-0.15, -0.1) is 0 Å². The minimum Gasteiger partial charge on any atom is -0.495 e. The number of hydrogen-bond acceptors (Lipinski definition) is 18. The van der Waals surface area contributed by atoms with Crippen molar-refractivity contribution in [1.29, 1.82) is 0 Å². The van der Waals surface area contributed by atoms with Crippen molar-refractivity contribution in [1.82, 2.24) is 40.5 Å². The van der Waals surface area contributed by atoms with E-state index < -0.39 is 32.3 Å². The monoisotopic (exact) mass is 1370 g/mol. The van der Waals surface area contributed by atoms with Crippen LogP contribution in [0.3, 0.4) is 0 Å². The van der Waals surface area contributed by atoms with E-state index in [0.29, 0.717) is 70.4 Å². The average molecular weight is 1380 g/mol. The molecule has 4 aromatic carbocycles. The van der Waals surface area contributed by atoms with Gasteiger partial charge in [-0.2, -0.15) is 0 Å². The molecule has 2 heterocycles. The SMILES string of the molecule is COc1cc(O[C@H]2c3cc(Cl)cc(Cl)c3C[C@@H]2N2CCC[C@@H](N)C2)ccc1S(=O)(=O)NCCOCCOCCNC(=O)NCCCCNC(=O)NCCOCCOCCNS(=O)(=O)c1ccc(O[C@H]2c3cc(Cl)cc(Cl)c3C[C@@H]2N2CCC[C@@H](N)C2)cc1OC. The molecule has 2 fully saturated rings. The average Bonchev–Trinajstić information content (AvgIpc) is 1.69. The predicted molar refractivity (Wildman–Crippen MR) is 344 cm³/mol. The van der Waals surface area contributed by atoms with Gasteiger partial charge in [0.2, 0.25) is 20.0 Å². The quantitative estimate of drug-likeness (QED) is 0.0247. The lowest BCUT2D eigenvalue weighted by molar-refractivity contribution is 0.0516. The summed E-state index contributed by atoms with van der Waals surface area (Å²) < 4.78 is 105. The number of urea groups is 2. The number of rotatable bonds is 35. The maximum Gasteiger partial charge on any atom is 0.314 e. The lowest BCUT2D eigenvalue weighted by Crippen LogP contribution is -2.49. The lowest BCUT2D eigenvalue weighted by atomic mass is 10.0. The third-order valence-corrected chi connectivity index (χ3v) is 20.0. The van der Waals surface area contributed by atoms with E-state index in [-0.39, 0.29) is 137 Å². The first-order valence-electron chi connectivity index (χ1n) is 30.3. The molecule has 30 heteroatoms. The fourth-order valence-electron chi connectivity index (χ4n) is 11.6. The molecule has 2 saturated heterocycles. The molecule has 0 spiro atoms. The molecule has 0 unspecified atom stereocenters. The molecule has 24 nitrogen and oxygen atoms in total. The summed E-state index contributed by atoms with van der Waals surface area (Å²) in [6.07, 6.45) is 5.61. The predicted octanol–water partition coefficient (Wildman–Crippen LogP) is 5.96. The van der Waals surface area contributed by atoms with Crippen LogP contribution in [0, 0.1) is 0 Å². The van der Waals surface area contributed by atoms with Crippen molar-refractivity contribution < 1.29 is 64.3 Å². The van der Waals surface area contributed by atoms with Crippen molar-refractivity contribution in [3.63, 3.8) is 0 Å². The van der Waals surface area contributed by atoms with Gasteiger partial charge < -0.3 is 70.6 Å². The zero-order chi connectivity index (χ0) is 64.2. The Morgan fingerprint density at radius 3 is 1.28 bits per heavy atom. The van der Waals surface area contributed by atoms with Gasteiger partial charge in [-0.1, -0.05) is 46.4 Å². The summed E-state index contributed by atoms with van der Waals surface area (Å²) in [5.41, 5.74) is 16.4. The van der Waals surface area contributed by atoms with Crippen LogP contribution in [0.5, 0.6) is 23.0 Å². The summed E-state index contributed by atoms with van der Waals surface area (Å²) >= 11 is 26.2. The van der Waals surface area contributed by atoms with Crippen LogP contribution in [-0.2, 0) is 51.8 Å². The molecule has 0 bridgehead atoms. The fraction of sp³-hybridized carbons (Fsp3) is 0.567. The Morgan fingerprint density at radius 1 is 0.522 bits per heavy atom. The number of amides is 4. The molecule has 2 aliphatic carbocycles. The summed E-state index contributed by atoms with van der Waals surface area (Å²) in [6.45, 7) is 6.06. The second kappa shape index (κ2) is 35.0. The van der Waals surface area contributed by atoms with E-state index in [0.717, 1.165) is 74.1 Å². The van der Waals surface area contributed by atoms with Crippen molar-refractivity contribution >= 4 is 78.5 Å². The van der Waals surface area contributed by atoms with Crippen LogP contribution in [0.4, 0.5) is 9.59 Å². The number of hydrogen-bond donors (Lipinski definition) is 8. The van der Waals surface area contributed by atoms with E-state index in [9.17, 15) is 26.4 Å². The Hall–Kier alpha value is -4.72. The number of sulfonamides is 2. The molecule has 2 aliphatic heterocycles. The van der Waals surface area contributed by atoms with Gasteiger partial charge in [-0.3, -0.25) is 9.80 Å². The number of methoxy groups -OCH3 is 2. The van der Waals surface area contributed by atoms with Crippen LogP contribution in [0.15, 0.2) is 70.5 Å². The molecule has 4 amide bonds. The number of carbonyl (C=O) groups excluding carboxylic acids is 2. The van der Waals surface area contributed by atoms with Gasteiger partial charge in [-0.25, -0.2) is 35.9 Å². The largest absolute Gasteiger partial charge is 0.495 e. The molecule has 0 saturated carbocycles. The third-order valence-electron chi connectivity index (χ3n) is 15.9. The van der Waals surface area contributed by atoms with E-state index in [4.69, 9.17) is 95.8 Å². The Kier molecular flexibility index (Phi) is 27.6. The number of halogens is 4. The van der Waals surface area contributed by atoms with E-state index >= 15 is 0 Å². The second-order valence-electron chi connectivity index (χ2n) is 22.3. The van der Waals surface area contributed by atoms with Crippen LogP contribution in [0.2, 0.25) is 20.1 Å². The van der Waals surface area contributed by atoms with E-state index in [1.54, 1.807) is 36.4 Å². The van der Waals surface area contributed by atoms with Crippen LogP contribution in [-0.4, -0.2) is 195 Å². The number of unbranched alkanes of at least 4 members (excludes halogenated alkanes) is 1. The van der Waals surface area contributed by atoms with Crippen LogP contribution in [0.25, 0.3) is 0 Å². The van der Waals surface area contributed by atoms with Gasteiger partial charge in [0.05, 0.1) is 79.2 Å². The molecule has 0 radical (unpaired) electrons. The molecule has 8 rings (SSSR count). The molecule has 0 aromatic heterocycles. The number of carbonyl (C=O) groups is 2. The number of benzene rings is 4. The van der Waals surface area contributed by atoms with Gasteiger partial charge in [0, 0.05) is 108 Å². The molecule has 90 heavy (non-hydrogen) atoms. The highest BCUT2D eigenvalue weighted by molar-refractivity contribution is 7.90. The number of nitrogens with two attached hydrogens (primary N) is 2. The highest BCUT2D eigenvalue weighted by Gasteiger charge is 2.43. The van der Waals surface area contributed by atoms with Crippen molar-refractivity contribution in [2.45, 2.75) is 97.5 Å². The van der Waals surface area contributed by atoms with Gasteiger partial charge in [0.25, 0.3) is 0 Å². The highest BCUT2D eigenvalue weighted by atomic mass is 35.5. The third kappa shape index (κ3) is 20.4. The standard InChI is InChI=1S/C60H84Cl4N10O14S2/c1-81-53-33-43(87-57-47-29-39(61)31-49(63)45(47)35-51(57)73-19-5-7-41(65)37-73)9-11-55(53)89(77,78)71-17-23-85-27-25-83-21-15-69-59(75)67-13-3-4-14-68-60(76)70-16-22-84-26-28-86-24-18-72-90(79,80)56-12-10-44(34-54(56)82-2)88-58-48-30-40(62)32-50(64)46(48)36-52(58)74-20-6-8-42(66)38-74/h9-12,29-34,41-42,51-52,57-58,71-72H,3-8,13-28,35-38,65-66H2,1-2H3,(H2,67,69,75)(H2,68,70,76)/t41-,42-,51+,52+,57+,58+/m1/s1. The van der Waals surface area contributed by atoms with Crippen molar-refractivity contribution in [2.24, 2.45) is 11.5 Å². The molecule has 498 valence electrons. The molecule has 6 atom stereocenters. The molecular weight excluding hydrogens is 1290 g/mol.